The van der Waals surface area contributed by atoms with Crippen LogP contribution in [0.4, 0.5) is 0 Å². The number of hydrogen-bond acceptors (Lipinski definition) is 6. The van der Waals surface area contributed by atoms with E-state index >= 15 is 0 Å². The summed E-state index contributed by atoms with van der Waals surface area (Å²) in [6.07, 6.45) is 2.95. The first-order chi connectivity index (χ1) is 12.8. The van der Waals surface area contributed by atoms with E-state index in [1.807, 2.05) is 13.8 Å². The second kappa shape index (κ2) is 6.03. The number of carbonyl (C=O) groups excluding carboxylic acids is 1. The molecule has 0 saturated carbocycles. The number of ketones is 1. The van der Waals surface area contributed by atoms with Crippen molar-refractivity contribution in [3.8, 4) is 23.0 Å². The van der Waals surface area contributed by atoms with Gasteiger partial charge >= 0.3 is 0 Å². The van der Waals surface area contributed by atoms with Crippen molar-refractivity contribution >= 4 is 11.9 Å². The van der Waals surface area contributed by atoms with Crippen LogP contribution >= 0.6 is 0 Å². The lowest BCUT2D eigenvalue weighted by atomic mass is 9.89. The number of hydrogen-bond donors (Lipinski definition) is 3. The summed E-state index contributed by atoms with van der Waals surface area (Å²) in [4.78, 5) is 12.8. The zero-order valence-electron chi connectivity index (χ0n) is 15.0. The summed E-state index contributed by atoms with van der Waals surface area (Å²) in [5.41, 5.74) is 0.881. The van der Waals surface area contributed by atoms with Crippen molar-refractivity contribution in [2.75, 3.05) is 0 Å². The third-order valence-corrected chi connectivity index (χ3v) is 4.86. The summed E-state index contributed by atoms with van der Waals surface area (Å²) in [6.45, 7) is 3.31. The second-order valence-corrected chi connectivity index (χ2v) is 7.30. The Kier molecular flexibility index (Phi) is 3.89. The van der Waals surface area contributed by atoms with E-state index in [4.69, 9.17) is 9.47 Å². The summed E-state index contributed by atoms with van der Waals surface area (Å²) in [7, 11) is 0. The number of aliphatic hydroxyl groups is 1. The fraction of sp³-hybridized carbons (Fsp3) is 0.286. The highest BCUT2D eigenvalue weighted by Crippen LogP contribution is 2.50. The predicted octanol–water partition coefficient (Wildman–Crippen LogP) is 3.48. The van der Waals surface area contributed by atoms with Gasteiger partial charge in [0, 0.05) is 0 Å². The topological polar surface area (TPSA) is 96.2 Å². The standard InChI is InChI=1S/C21H20O6/c1-21(2)8-7-13-18(25)17-15(24)9-16(11-3-5-12(23)6-4-11)26-20(17)14(10-22)19(13)27-21/h3-8,16,22-23,25H,9-10H2,1-2H3. The quantitative estimate of drug-likeness (QED) is 0.751. The average Bonchev–Trinajstić information content (AvgIpc) is 2.61. The molecule has 27 heavy (non-hydrogen) atoms. The maximum Gasteiger partial charge on any atom is 0.174 e. The molecule has 3 N–H and O–H groups in total. The van der Waals surface area contributed by atoms with E-state index in [1.54, 1.807) is 24.3 Å². The summed E-state index contributed by atoms with van der Waals surface area (Å²) >= 11 is 0. The number of benzene rings is 2. The number of phenolic OH excluding ortho intramolecular Hbond substituents is 2. The first-order valence-electron chi connectivity index (χ1n) is 8.70. The number of aliphatic hydroxyl groups excluding tert-OH is 1. The number of fused-ring (bicyclic) bond motifs is 2. The van der Waals surface area contributed by atoms with E-state index in [0.717, 1.165) is 0 Å². The van der Waals surface area contributed by atoms with Gasteiger partial charge in [0.2, 0.25) is 0 Å². The Balaban J connectivity index is 1.87. The minimum atomic E-state index is -0.618. The molecule has 2 heterocycles. The fourth-order valence-corrected chi connectivity index (χ4v) is 3.48. The Bertz CT molecular complexity index is 956. The first kappa shape index (κ1) is 17.4. The van der Waals surface area contributed by atoms with Crippen molar-refractivity contribution in [2.24, 2.45) is 0 Å². The van der Waals surface area contributed by atoms with Gasteiger partial charge in [0.05, 0.1) is 24.2 Å². The Morgan fingerprint density at radius 1 is 1.15 bits per heavy atom. The monoisotopic (exact) mass is 368 g/mol. The lowest BCUT2D eigenvalue weighted by Gasteiger charge is -2.34. The van der Waals surface area contributed by atoms with Gasteiger partial charge in [-0.25, -0.2) is 0 Å². The maximum atomic E-state index is 12.8. The fourth-order valence-electron chi connectivity index (χ4n) is 3.48. The molecule has 0 spiro atoms. The van der Waals surface area contributed by atoms with E-state index in [2.05, 4.69) is 0 Å². The Morgan fingerprint density at radius 2 is 1.85 bits per heavy atom. The number of ether oxygens (including phenoxy) is 2. The number of phenols is 2. The van der Waals surface area contributed by atoms with Crippen LogP contribution in [0.3, 0.4) is 0 Å². The minimum absolute atomic E-state index is 0.0467. The minimum Gasteiger partial charge on any atom is -0.508 e. The van der Waals surface area contributed by atoms with Crippen molar-refractivity contribution in [1.29, 1.82) is 0 Å². The smallest absolute Gasteiger partial charge is 0.174 e. The maximum absolute atomic E-state index is 12.8. The van der Waals surface area contributed by atoms with Crippen LogP contribution in [0.25, 0.3) is 6.08 Å². The Labute approximate surface area is 156 Å². The van der Waals surface area contributed by atoms with Crippen LogP contribution in [-0.2, 0) is 6.61 Å². The van der Waals surface area contributed by atoms with Gasteiger partial charge in [0.15, 0.2) is 5.78 Å². The van der Waals surface area contributed by atoms with Gasteiger partial charge in [-0.15, -0.1) is 0 Å². The molecule has 6 nitrogen and oxygen atoms in total. The zero-order chi connectivity index (χ0) is 19.3. The van der Waals surface area contributed by atoms with Gasteiger partial charge in [0.25, 0.3) is 0 Å². The van der Waals surface area contributed by atoms with Gasteiger partial charge in [-0.3, -0.25) is 4.79 Å². The molecule has 1 unspecified atom stereocenters. The molecule has 0 radical (unpaired) electrons. The molecule has 6 heteroatoms. The van der Waals surface area contributed by atoms with Crippen molar-refractivity contribution < 1.29 is 29.6 Å². The van der Waals surface area contributed by atoms with Gasteiger partial charge in [-0.1, -0.05) is 12.1 Å². The van der Waals surface area contributed by atoms with Gasteiger partial charge in [0.1, 0.15) is 40.3 Å². The van der Waals surface area contributed by atoms with Crippen LogP contribution in [0, 0.1) is 0 Å². The van der Waals surface area contributed by atoms with Crippen molar-refractivity contribution in [3.05, 3.63) is 52.6 Å². The zero-order valence-corrected chi connectivity index (χ0v) is 15.0. The number of carbonyl (C=O) groups is 1. The summed E-state index contributed by atoms with van der Waals surface area (Å²) in [6, 6.07) is 6.40. The van der Waals surface area contributed by atoms with Gasteiger partial charge < -0.3 is 24.8 Å². The van der Waals surface area contributed by atoms with Crippen LogP contribution in [0.15, 0.2) is 30.3 Å². The second-order valence-electron chi connectivity index (χ2n) is 7.30. The Morgan fingerprint density at radius 3 is 2.52 bits per heavy atom. The number of rotatable bonds is 2. The van der Waals surface area contributed by atoms with Crippen molar-refractivity contribution in [2.45, 2.75) is 38.6 Å². The molecule has 0 aromatic heterocycles. The predicted molar refractivity (Wildman–Crippen MR) is 98.2 cm³/mol. The van der Waals surface area contributed by atoms with Crippen LogP contribution in [0.5, 0.6) is 23.0 Å². The molecule has 0 fully saturated rings. The first-order valence-corrected chi connectivity index (χ1v) is 8.70. The lowest BCUT2D eigenvalue weighted by Crippen LogP contribution is -2.29. The SMILES string of the molecule is CC1(C)C=Cc2c(O)c3c(c(CO)c2O1)OC(c1ccc(O)cc1)CC3=O. The third-order valence-electron chi connectivity index (χ3n) is 4.86. The van der Waals surface area contributed by atoms with Crippen molar-refractivity contribution in [3.63, 3.8) is 0 Å². The van der Waals surface area contributed by atoms with E-state index in [-0.39, 0.29) is 35.0 Å². The van der Waals surface area contributed by atoms with Crippen LogP contribution in [0.2, 0.25) is 0 Å². The molecular formula is C21H20O6. The molecule has 0 aliphatic carbocycles. The van der Waals surface area contributed by atoms with Crippen molar-refractivity contribution in [1.82, 2.24) is 0 Å². The molecule has 2 aliphatic rings. The summed E-state index contributed by atoms with van der Waals surface area (Å²) < 4.78 is 12.0. The molecular weight excluding hydrogens is 348 g/mol. The van der Waals surface area contributed by atoms with Gasteiger partial charge in [-0.2, -0.15) is 0 Å². The average molecular weight is 368 g/mol. The highest BCUT2D eigenvalue weighted by molar-refractivity contribution is 6.05. The van der Waals surface area contributed by atoms with Crippen LogP contribution < -0.4 is 9.47 Å². The van der Waals surface area contributed by atoms with E-state index in [1.165, 1.54) is 12.1 Å². The molecule has 0 saturated heterocycles. The van der Waals surface area contributed by atoms with E-state index < -0.39 is 18.3 Å². The lowest BCUT2D eigenvalue weighted by molar-refractivity contribution is 0.0834. The number of aromatic hydroxyl groups is 2. The highest BCUT2D eigenvalue weighted by atomic mass is 16.5. The number of Topliss-reactive ketones (excluding diaryl/α,β-unsaturated/α-hetero) is 1. The molecule has 140 valence electrons. The molecule has 2 aliphatic heterocycles. The highest BCUT2D eigenvalue weighted by Gasteiger charge is 2.38. The molecule has 2 aromatic rings. The van der Waals surface area contributed by atoms with E-state index in [9.17, 15) is 20.1 Å². The van der Waals surface area contributed by atoms with Crippen LogP contribution in [0.1, 0.15) is 53.4 Å². The van der Waals surface area contributed by atoms with Crippen LogP contribution in [-0.4, -0.2) is 26.7 Å². The van der Waals surface area contributed by atoms with Gasteiger partial charge in [-0.05, 0) is 43.7 Å². The normalized spacial score (nSPS) is 19.7. The summed E-state index contributed by atoms with van der Waals surface area (Å²) in [5.74, 6) is 0.113. The molecule has 0 bridgehead atoms. The molecule has 1 atom stereocenters. The Hall–Kier alpha value is -2.99. The molecule has 4 rings (SSSR count). The largest absolute Gasteiger partial charge is 0.508 e. The molecule has 0 amide bonds. The summed E-state index contributed by atoms with van der Waals surface area (Å²) in [5, 5.41) is 30.1. The molecule has 2 aromatic carbocycles. The van der Waals surface area contributed by atoms with E-state index in [0.29, 0.717) is 22.4 Å². The third kappa shape index (κ3) is 2.82.